The number of fused-ring (bicyclic) bond motifs is 1. The third kappa shape index (κ3) is 2.03. The molecular formula is C16H13ClN2O2. The van der Waals surface area contributed by atoms with Gasteiger partial charge in [-0.3, -0.25) is 0 Å². The Morgan fingerprint density at radius 2 is 1.81 bits per heavy atom. The summed E-state index contributed by atoms with van der Waals surface area (Å²) in [5, 5.41) is 20.1. The van der Waals surface area contributed by atoms with Crippen LogP contribution in [0.5, 0.6) is 11.5 Å². The Kier molecular flexibility index (Phi) is 2.62. The highest BCUT2D eigenvalue weighted by atomic mass is 35.5. The molecule has 0 spiro atoms. The second-order valence-corrected chi connectivity index (χ2v) is 5.79. The highest BCUT2D eigenvalue weighted by Gasteiger charge is 2.29. The SMILES string of the molecule is Oc1cc(O)cc(-c2nc3cccc(Cl)c3n2C2CC2)c1. The second kappa shape index (κ2) is 4.40. The van der Waals surface area contributed by atoms with Crippen molar-refractivity contribution >= 4 is 22.6 Å². The fourth-order valence-corrected chi connectivity index (χ4v) is 2.98. The molecule has 106 valence electrons. The van der Waals surface area contributed by atoms with E-state index in [2.05, 4.69) is 9.55 Å². The average Bonchev–Trinajstić information content (AvgIpc) is 3.18. The van der Waals surface area contributed by atoms with Crippen LogP contribution in [0.2, 0.25) is 5.02 Å². The molecule has 0 radical (unpaired) electrons. The summed E-state index contributed by atoms with van der Waals surface area (Å²) in [6.07, 6.45) is 2.18. The zero-order valence-corrected chi connectivity index (χ0v) is 11.9. The zero-order valence-electron chi connectivity index (χ0n) is 11.1. The Bertz CT molecular complexity index is 833. The molecule has 5 heteroatoms. The fourth-order valence-electron chi connectivity index (χ4n) is 2.72. The van der Waals surface area contributed by atoms with E-state index < -0.39 is 0 Å². The van der Waals surface area contributed by atoms with Gasteiger partial charge in [0, 0.05) is 17.7 Å². The first kappa shape index (κ1) is 12.5. The van der Waals surface area contributed by atoms with Crippen LogP contribution in [0.1, 0.15) is 18.9 Å². The van der Waals surface area contributed by atoms with Crippen molar-refractivity contribution in [2.45, 2.75) is 18.9 Å². The van der Waals surface area contributed by atoms with Gasteiger partial charge in [0.1, 0.15) is 17.3 Å². The molecule has 2 aromatic carbocycles. The maximum atomic E-state index is 9.71. The van der Waals surface area contributed by atoms with Crippen molar-refractivity contribution in [1.29, 1.82) is 0 Å². The number of imidazole rings is 1. The van der Waals surface area contributed by atoms with E-state index in [0.717, 1.165) is 29.7 Å². The minimum Gasteiger partial charge on any atom is -0.508 e. The van der Waals surface area contributed by atoms with Gasteiger partial charge in [0.2, 0.25) is 0 Å². The lowest BCUT2D eigenvalue weighted by Crippen LogP contribution is -1.97. The molecule has 3 aromatic rings. The van der Waals surface area contributed by atoms with E-state index >= 15 is 0 Å². The van der Waals surface area contributed by atoms with Gasteiger partial charge in [-0.05, 0) is 37.1 Å². The van der Waals surface area contributed by atoms with Crippen LogP contribution in [0.25, 0.3) is 22.4 Å². The highest BCUT2D eigenvalue weighted by Crippen LogP contribution is 2.43. The molecule has 1 aliphatic rings. The van der Waals surface area contributed by atoms with Gasteiger partial charge in [-0.2, -0.15) is 0 Å². The number of para-hydroxylation sites is 1. The predicted molar refractivity (Wildman–Crippen MR) is 81.8 cm³/mol. The maximum absolute atomic E-state index is 9.71. The lowest BCUT2D eigenvalue weighted by atomic mass is 10.2. The number of hydrogen-bond donors (Lipinski definition) is 2. The summed E-state index contributed by atoms with van der Waals surface area (Å²) in [5.41, 5.74) is 2.43. The molecule has 1 aromatic heterocycles. The third-order valence-electron chi connectivity index (χ3n) is 3.73. The lowest BCUT2D eigenvalue weighted by molar-refractivity contribution is 0.451. The Labute approximate surface area is 126 Å². The Balaban J connectivity index is 2.04. The van der Waals surface area contributed by atoms with Crippen molar-refractivity contribution < 1.29 is 10.2 Å². The minimum absolute atomic E-state index is 0.0190. The van der Waals surface area contributed by atoms with Crippen LogP contribution in [0, 0.1) is 0 Å². The summed E-state index contributed by atoms with van der Waals surface area (Å²) in [6.45, 7) is 0. The quantitative estimate of drug-likeness (QED) is 0.749. The molecule has 4 nitrogen and oxygen atoms in total. The van der Waals surface area contributed by atoms with E-state index in [9.17, 15) is 10.2 Å². The van der Waals surface area contributed by atoms with Gasteiger partial charge in [-0.15, -0.1) is 0 Å². The summed E-state index contributed by atoms with van der Waals surface area (Å²) in [6, 6.07) is 10.6. The van der Waals surface area contributed by atoms with E-state index in [-0.39, 0.29) is 11.5 Å². The molecule has 1 fully saturated rings. The first-order valence-electron chi connectivity index (χ1n) is 6.83. The van der Waals surface area contributed by atoms with Gasteiger partial charge < -0.3 is 14.8 Å². The Morgan fingerprint density at radius 1 is 1.10 bits per heavy atom. The molecule has 1 saturated carbocycles. The van der Waals surface area contributed by atoms with E-state index in [1.807, 2.05) is 18.2 Å². The molecule has 0 atom stereocenters. The van der Waals surface area contributed by atoms with Crippen LogP contribution in [-0.2, 0) is 0 Å². The topological polar surface area (TPSA) is 58.3 Å². The predicted octanol–water partition coefficient (Wildman–Crippen LogP) is 4.10. The van der Waals surface area contributed by atoms with Crippen molar-refractivity contribution in [3.63, 3.8) is 0 Å². The van der Waals surface area contributed by atoms with Crippen LogP contribution in [0.3, 0.4) is 0 Å². The van der Waals surface area contributed by atoms with Crippen molar-refractivity contribution in [2.75, 3.05) is 0 Å². The standard InChI is InChI=1S/C16H13ClN2O2/c17-13-2-1-3-14-15(13)19(10-4-5-10)16(18-14)9-6-11(20)8-12(21)7-9/h1-3,6-8,10,20-21H,4-5H2. The molecule has 0 amide bonds. The number of nitrogens with zero attached hydrogens (tertiary/aromatic N) is 2. The van der Waals surface area contributed by atoms with Gasteiger partial charge in [-0.1, -0.05) is 17.7 Å². The van der Waals surface area contributed by atoms with Crippen LogP contribution < -0.4 is 0 Å². The first-order chi connectivity index (χ1) is 10.1. The number of phenolic OH excluding ortho intramolecular Hbond substituents is 2. The zero-order chi connectivity index (χ0) is 14.6. The van der Waals surface area contributed by atoms with Crippen molar-refractivity contribution in [2.24, 2.45) is 0 Å². The van der Waals surface area contributed by atoms with Gasteiger partial charge in [0.15, 0.2) is 0 Å². The number of aromatic nitrogens is 2. The maximum Gasteiger partial charge on any atom is 0.141 e. The molecule has 21 heavy (non-hydrogen) atoms. The third-order valence-corrected chi connectivity index (χ3v) is 4.04. The summed E-state index contributed by atoms with van der Waals surface area (Å²) in [4.78, 5) is 4.64. The normalized spacial score (nSPS) is 14.7. The van der Waals surface area contributed by atoms with E-state index in [4.69, 9.17) is 11.6 Å². The van der Waals surface area contributed by atoms with E-state index in [1.54, 1.807) is 12.1 Å². The van der Waals surface area contributed by atoms with Crippen LogP contribution in [-0.4, -0.2) is 19.8 Å². The molecule has 2 N–H and O–H groups in total. The Morgan fingerprint density at radius 3 is 2.48 bits per heavy atom. The van der Waals surface area contributed by atoms with Crippen molar-refractivity contribution in [1.82, 2.24) is 9.55 Å². The van der Waals surface area contributed by atoms with E-state index in [0.29, 0.717) is 16.6 Å². The monoisotopic (exact) mass is 300 g/mol. The van der Waals surface area contributed by atoms with Crippen LogP contribution in [0.15, 0.2) is 36.4 Å². The summed E-state index contributed by atoms with van der Waals surface area (Å²) >= 11 is 6.34. The van der Waals surface area contributed by atoms with Gasteiger partial charge in [0.25, 0.3) is 0 Å². The number of phenols is 2. The van der Waals surface area contributed by atoms with E-state index in [1.165, 1.54) is 6.07 Å². The molecule has 0 bridgehead atoms. The smallest absolute Gasteiger partial charge is 0.141 e. The summed E-state index contributed by atoms with van der Waals surface area (Å²) < 4.78 is 2.12. The molecular weight excluding hydrogens is 288 g/mol. The van der Waals surface area contributed by atoms with Gasteiger partial charge in [0.05, 0.1) is 16.1 Å². The molecule has 1 aliphatic carbocycles. The summed E-state index contributed by atoms with van der Waals surface area (Å²) in [7, 11) is 0. The molecule has 0 saturated heterocycles. The fraction of sp³-hybridized carbons (Fsp3) is 0.188. The van der Waals surface area contributed by atoms with Crippen LogP contribution >= 0.6 is 11.6 Å². The van der Waals surface area contributed by atoms with Crippen molar-refractivity contribution in [3.8, 4) is 22.9 Å². The van der Waals surface area contributed by atoms with Crippen molar-refractivity contribution in [3.05, 3.63) is 41.4 Å². The second-order valence-electron chi connectivity index (χ2n) is 5.38. The number of rotatable bonds is 2. The lowest BCUT2D eigenvalue weighted by Gasteiger charge is -2.09. The van der Waals surface area contributed by atoms with Gasteiger partial charge >= 0.3 is 0 Å². The van der Waals surface area contributed by atoms with Crippen LogP contribution in [0.4, 0.5) is 0 Å². The minimum atomic E-state index is 0.0190. The number of benzene rings is 2. The molecule has 1 heterocycles. The number of halogens is 1. The molecule has 4 rings (SSSR count). The van der Waals surface area contributed by atoms with Gasteiger partial charge in [-0.25, -0.2) is 4.98 Å². The molecule has 0 aliphatic heterocycles. The average molecular weight is 301 g/mol. The first-order valence-corrected chi connectivity index (χ1v) is 7.21. The molecule has 0 unspecified atom stereocenters. The Hall–Kier alpha value is -2.20. The largest absolute Gasteiger partial charge is 0.508 e. The summed E-state index contributed by atoms with van der Waals surface area (Å²) in [5.74, 6) is 0.766. The highest BCUT2D eigenvalue weighted by molar-refractivity contribution is 6.35. The number of hydrogen-bond acceptors (Lipinski definition) is 3. The number of aromatic hydroxyl groups is 2.